The molecule has 21 heavy (non-hydrogen) atoms. The molecule has 116 valence electrons. The van der Waals surface area contributed by atoms with E-state index in [0.717, 1.165) is 30.9 Å². The molecule has 1 aromatic heterocycles. The summed E-state index contributed by atoms with van der Waals surface area (Å²) >= 11 is 3.19. The normalized spacial score (nSPS) is 18.5. The Morgan fingerprint density at radius 1 is 1.57 bits per heavy atom. The van der Waals surface area contributed by atoms with Gasteiger partial charge >= 0.3 is 0 Å². The maximum atomic E-state index is 12.2. The fourth-order valence-corrected chi connectivity index (χ4v) is 3.51. The van der Waals surface area contributed by atoms with Crippen LogP contribution in [0.5, 0.6) is 0 Å². The van der Waals surface area contributed by atoms with Gasteiger partial charge in [-0.05, 0) is 18.6 Å². The molecule has 0 radical (unpaired) electrons. The van der Waals surface area contributed by atoms with Gasteiger partial charge in [0.25, 0.3) is 0 Å². The molecule has 0 bridgehead atoms. The summed E-state index contributed by atoms with van der Waals surface area (Å²) in [6.07, 6.45) is 3.97. The van der Waals surface area contributed by atoms with Gasteiger partial charge in [-0.25, -0.2) is 4.98 Å². The molecule has 2 heterocycles. The molecule has 0 aliphatic carbocycles. The van der Waals surface area contributed by atoms with Gasteiger partial charge in [0.15, 0.2) is 5.13 Å². The van der Waals surface area contributed by atoms with Crippen LogP contribution < -0.4 is 5.32 Å². The van der Waals surface area contributed by atoms with Crippen LogP contribution in [-0.2, 0) is 9.59 Å². The van der Waals surface area contributed by atoms with Crippen molar-refractivity contribution in [3.63, 3.8) is 0 Å². The van der Waals surface area contributed by atoms with Crippen molar-refractivity contribution in [1.29, 1.82) is 0 Å². The summed E-state index contributed by atoms with van der Waals surface area (Å²) in [6.45, 7) is 3.40. The number of hydrogen-bond donors (Lipinski definition) is 1. The molecule has 0 saturated carbocycles. The zero-order chi connectivity index (χ0) is 15.1. The summed E-state index contributed by atoms with van der Waals surface area (Å²) in [5.41, 5.74) is 0. The standard InChI is InChI=1S/C14H21N3O2S2/c1-2-20-8-5-12(18)17-7-3-4-11(10-17)13(19)16-14-15-6-9-21-14/h6,9,11H,2-5,7-8,10H2,1H3,(H,15,16,19)/t11-/m0/s1. The Balaban J connectivity index is 1.82. The smallest absolute Gasteiger partial charge is 0.231 e. The molecule has 2 amide bonds. The monoisotopic (exact) mass is 327 g/mol. The number of nitrogens with zero attached hydrogens (tertiary/aromatic N) is 2. The van der Waals surface area contributed by atoms with Gasteiger partial charge in [-0.1, -0.05) is 6.92 Å². The van der Waals surface area contributed by atoms with Crippen LogP contribution in [0.2, 0.25) is 0 Å². The fraction of sp³-hybridized carbons (Fsp3) is 0.643. The number of nitrogens with one attached hydrogen (secondary N) is 1. The number of aromatic nitrogens is 1. The predicted octanol–water partition coefficient (Wildman–Crippen LogP) is 2.46. The highest BCUT2D eigenvalue weighted by Crippen LogP contribution is 2.20. The Kier molecular flexibility index (Phi) is 6.50. The molecule has 1 saturated heterocycles. The van der Waals surface area contributed by atoms with Crippen molar-refractivity contribution in [3.8, 4) is 0 Å². The molecule has 2 rings (SSSR count). The number of amides is 2. The number of thioether (sulfide) groups is 1. The van der Waals surface area contributed by atoms with E-state index < -0.39 is 0 Å². The van der Waals surface area contributed by atoms with Gasteiger partial charge in [0, 0.05) is 36.8 Å². The zero-order valence-corrected chi connectivity index (χ0v) is 13.8. The minimum atomic E-state index is -0.120. The average Bonchev–Trinajstić information content (AvgIpc) is 3.00. The SMILES string of the molecule is CCSCCC(=O)N1CCC[C@H](C(=O)Nc2nccs2)C1. The predicted molar refractivity (Wildman–Crippen MR) is 87.7 cm³/mol. The van der Waals surface area contributed by atoms with Gasteiger partial charge in [-0.3, -0.25) is 9.59 Å². The first-order chi connectivity index (χ1) is 10.2. The van der Waals surface area contributed by atoms with Gasteiger partial charge in [-0.2, -0.15) is 11.8 Å². The highest BCUT2D eigenvalue weighted by molar-refractivity contribution is 7.99. The van der Waals surface area contributed by atoms with Gasteiger partial charge < -0.3 is 10.2 Å². The summed E-state index contributed by atoms with van der Waals surface area (Å²) < 4.78 is 0. The van der Waals surface area contributed by atoms with Crippen molar-refractivity contribution >= 4 is 40.0 Å². The molecule has 0 unspecified atom stereocenters. The number of carbonyl (C=O) groups is 2. The highest BCUT2D eigenvalue weighted by Gasteiger charge is 2.28. The molecular formula is C14H21N3O2S2. The molecule has 0 spiro atoms. The number of thiazole rings is 1. The first-order valence-corrected chi connectivity index (χ1v) is 9.30. The maximum absolute atomic E-state index is 12.2. The van der Waals surface area contributed by atoms with E-state index in [1.165, 1.54) is 11.3 Å². The third kappa shape index (κ3) is 5.00. The average molecular weight is 327 g/mol. The van der Waals surface area contributed by atoms with Crippen LogP contribution in [0, 0.1) is 5.92 Å². The third-order valence-electron chi connectivity index (χ3n) is 3.47. The Morgan fingerprint density at radius 3 is 3.14 bits per heavy atom. The lowest BCUT2D eigenvalue weighted by Crippen LogP contribution is -2.43. The van der Waals surface area contributed by atoms with Crippen molar-refractivity contribution in [2.45, 2.75) is 26.2 Å². The van der Waals surface area contributed by atoms with Crippen LogP contribution >= 0.6 is 23.1 Å². The Bertz CT molecular complexity index is 465. The number of hydrogen-bond acceptors (Lipinski definition) is 5. The summed E-state index contributed by atoms with van der Waals surface area (Å²) in [5.74, 6) is 1.92. The molecule has 0 aromatic carbocycles. The summed E-state index contributed by atoms with van der Waals surface area (Å²) in [5, 5.41) is 5.29. The van der Waals surface area contributed by atoms with Crippen LogP contribution in [0.4, 0.5) is 5.13 Å². The van der Waals surface area contributed by atoms with E-state index in [1.807, 2.05) is 10.3 Å². The number of likely N-dealkylation sites (tertiary alicyclic amines) is 1. The maximum Gasteiger partial charge on any atom is 0.231 e. The van der Waals surface area contributed by atoms with Crippen LogP contribution in [0.25, 0.3) is 0 Å². The zero-order valence-electron chi connectivity index (χ0n) is 12.2. The molecule has 1 atom stereocenters. The highest BCUT2D eigenvalue weighted by atomic mass is 32.2. The van der Waals surface area contributed by atoms with Gasteiger partial charge in [0.1, 0.15) is 0 Å². The second-order valence-electron chi connectivity index (χ2n) is 4.95. The lowest BCUT2D eigenvalue weighted by atomic mass is 9.97. The van der Waals surface area contributed by atoms with Crippen molar-refractivity contribution in [1.82, 2.24) is 9.88 Å². The van der Waals surface area contributed by atoms with Gasteiger partial charge in [0.2, 0.25) is 11.8 Å². The second-order valence-corrected chi connectivity index (χ2v) is 7.24. The first-order valence-electron chi connectivity index (χ1n) is 7.26. The molecule has 1 fully saturated rings. The Hall–Kier alpha value is -1.08. The summed E-state index contributed by atoms with van der Waals surface area (Å²) in [7, 11) is 0. The lowest BCUT2D eigenvalue weighted by Gasteiger charge is -2.32. The van der Waals surface area contributed by atoms with E-state index in [-0.39, 0.29) is 17.7 Å². The van der Waals surface area contributed by atoms with Crippen molar-refractivity contribution in [2.75, 3.05) is 29.9 Å². The minimum Gasteiger partial charge on any atom is -0.342 e. The first kappa shape index (κ1) is 16.3. The summed E-state index contributed by atoms with van der Waals surface area (Å²) in [4.78, 5) is 30.2. The van der Waals surface area contributed by atoms with Crippen LogP contribution in [0.1, 0.15) is 26.2 Å². The molecular weight excluding hydrogens is 306 g/mol. The third-order valence-corrected chi connectivity index (χ3v) is 5.06. The largest absolute Gasteiger partial charge is 0.342 e. The van der Waals surface area contributed by atoms with Gasteiger partial charge in [0.05, 0.1) is 5.92 Å². The van der Waals surface area contributed by atoms with Gasteiger partial charge in [-0.15, -0.1) is 11.3 Å². The van der Waals surface area contributed by atoms with Crippen LogP contribution in [0.3, 0.4) is 0 Å². The summed E-state index contributed by atoms with van der Waals surface area (Å²) in [6, 6.07) is 0. The molecule has 1 aliphatic heterocycles. The topological polar surface area (TPSA) is 62.3 Å². The van der Waals surface area contributed by atoms with Crippen molar-refractivity contribution in [3.05, 3.63) is 11.6 Å². The fourth-order valence-electron chi connectivity index (χ4n) is 2.37. The Labute approximate surface area is 133 Å². The number of carbonyl (C=O) groups excluding carboxylic acids is 2. The lowest BCUT2D eigenvalue weighted by molar-refractivity contribution is -0.134. The van der Waals surface area contributed by atoms with Crippen molar-refractivity contribution in [2.24, 2.45) is 5.92 Å². The minimum absolute atomic E-state index is 0.0228. The Morgan fingerprint density at radius 2 is 2.43 bits per heavy atom. The number of rotatable bonds is 6. The molecule has 1 N–H and O–H groups in total. The molecule has 7 heteroatoms. The quantitative estimate of drug-likeness (QED) is 0.815. The van der Waals surface area contributed by atoms with E-state index in [2.05, 4.69) is 17.2 Å². The van der Waals surface area contributed by atoms with E-state index >= 15 is 0 Å². The number of anilines is 1. The van der Waals surface area contributed by atoms with E-state index in [0.29, 0.717) is 18.1 Å². The van der Waals surface area contributed by atoms with Crippen molar-refractivity contribution < 1.29 is 9.59 Å². The van der Waals surface area contributed by atoms with E-state index in [4.69, 9.17) is 0 Å². The molecule has 1 aromatic rings. The van der Waals surface area contributed by atoms with Crippen LogP contribution in [-0.4, -0.2) is 46.3 Å². The molecule has 1 aliphatic rings. The molecule has 5 nitrogen and oxygen atoms in total. The number of piperidine rings is 1. The van der Waals surface area contributed by atoms with E-state index in [1.54, 1.807) is 18.0 Å². The van der Waals surface area contributed by atoms with E-state index in [9.17, 15) is 9.59 Å². The second kappa shape index (κ2) is 8.38. The van der Waals surface area contributed by atoms with Crippen LogP contribution in [0.15, 0.2) is 11.6 Å².